The summed E-state index contributed by atoms with van der Waals surface area (Å²) in [6, 6.07) is 9.50. The molecule has 2 aromatic heterocycles. The van der Waals surface area contributed by atoms with Gasteiger partial charge < -0.3 is 9.26 Å². The van der Waals surface area contributed by atoms with Crippen LogP contribution in [0.5, 0.6) is 5.75 Å². The molecule has 0 fully saturated rings. The molecule has 0 spiro atoms. The van der Waals surface area contributed by atoms with Crippen molar-refractivity contribution >= 4 is 0 Å². The quantitative estimate of drug-likeness (QED) is 0.729. The first-order valence-electron chi connectivity index (χ1n) is 6.17. The third kappa shape index (κ3) is 2.25. The molecule has 5 nitrogen and oxygen atoms in total. The van der Waals surface area contributed by atoms with Crippen LogP contribution in [0.15, 0.2) is 47.2 Å². The SMILES string of the molecule is COc1ccccc1-c1noc(-c2cncc(C)c2)n1. The lowest BCUT2D eigenvalue weighted by Crippen LogP contribution is -1.88. The maximum absolute atomic E-state index is 5.30. The first kappa shape index (κ1) is 12.3. The molecule has 0 unspecified atom stereocenters. The Labute approximate surface area is 116 Å². The van der Waals surface area contributed by atoms with Crippen molar-refractivity contribution in [3.05, 3.63) is 48.3 Å². The topological polar surface area (TPSA) is 61.0 Å². The van der Waals surface area contributed by atoms with E-state index in [0.29, 0.717) is 17.5 Å². The van der Waals surface area contributed by atoms with Gasteiger partial charge in [-0.25, -0.2) is 0 Å². The van der Waals surface area contributed by atoms with Gasteiger partial charge in [-0.2, -0.15) is 4.98 Å². The van der Waals surface area contributed by atoms with E-state index in [4.69, 9.17) is 9.26 Å². The second-order valence-electron chi connectivity index (χ2n) is 4.37. The van der Waals surface area contributed by atoms with E-state index in [1.54, 1.807) is 19.5 Å². The standard InChI is InChI=1S/C15H13N3O2/c1-10-7-11(9-16-8-10)15-17-14(18-20-15)12-5-3-4-6-13(12)19-2/h3-9H,1-2H3. The third-order valence-electron chi connectivity index (χ3n) is 2.90. The van der Waals surface area contributed by atoms with Gasteiger partial charge in [0.2, 0.25) is 5.82 Å². The van der Waals surface area contributed by atoms with Gasteiger partial charge in [0, 0.05) is 12.4 Å². The van der Waals surface area contributed by atoms with Crippen molar-refractivity contribution in [2.45, 2.75) is 6.92 Å². The van der Waals surface area contributed by atoms with Gasteiger partial charge in [-0.15, -0.1) is 0 Å². The molecule has 2 heterocycles. The lowest BCUT2D eigenvalue weighted by atomic mass is 10.2. The van der Waals surface area contributed by atoms with E-state index in [-0.39, 0.29) is 0 Å². The van der Waals surface area contributed by atoms with Crippen molar-refractivity contribution in [2.24, 2.45) is 0 Å². The van der Waals surface area contributed by atoms with Crippen LogP contribution in [0.4, 0.5) is 0 Å². The lowest BCUT2D eigenvalue weighted by molar-refractivity contribution is 0.413. The number of hydrogen-bond acceptors (Lipinski definition) is 5. The number of benzene rings is 1. The normalized spacial score (nSPS) is 10.5. The Morgan fingerprint density at radius 1 is 1.15 bits per heavy atom. The molecule has 0 saturated heterocycles. The molecule has 0 amide bonds. The molecule has 100 valence electrons. The number of pyridine rings is 1. The second-order valence-corrected chi connectivity index (χ2v) is 4.37. The largest absolute Gasteiger partial charge is 0.496 e. The Hall–Kier alpha value is -2.69. The molecule has 5 heteroatoms. The highest BCUT2D eigenvalue weighted by molar-refractivity contribution is 5.65. The Morgan fingerprint density at radius 2 is 2.00 bits per heavy atom. The fourth-order valence-corrected chi connectivity index (χ4v) is 1.95. The zero-order chi connectivity index (χ0) is 13.9. The predicted octanol–water partition coefficient (Wildman–Crippen LogP) is 3.12. The molecular formula is C15H13N3O2. The van der Waals surface area contributed by atoms with Crippen LogP contribution in [0.3, 0.4) is 0 Å². The fraction of sp³-hybridized carbons (Fsp3) is 0.133. The van der Waals surface area contributed by atoms with Gasteiger partial charge >= 0.3 is 0 Å². The molecule has 0 aliphatic heterocycles. The van der Waals surface area contributed by atoms with Crippen LogP contribution < -0.4 is 4.74 Å². The second kappa shape index (κ2) is 5.13. The number of ether oxygens (including phenoxy) is 1. The maximum Gasteiger partial charge on any atom is 0.259 e. The number of para-hydroxylation sites is 1. The first-order chi connectivity index (χ1) is 9.78. The molecule has 3 aromatic rings. The number of rotatable bonds is 3. The highest BCUT2D eigenvalue weighted by atomic mass is 16.5. The highest BCUT2D eigenvalue weighted by Gasteiger charge is 2.14. The molecular weight excluding hydrogens is 254 g/mol. The van der Waals surface area contributed by atoms with Crippen LogP contribution in [-0.4, -0.2) is 22.2 Å². The summed E-state index contributed by atoms with van der Waals surface area (Å²) in [4.78, 5) is 8.53. The summed E-state index contributed by atoms with van der Waals surface area (Å²) in [5.41, 5.74) is 2.64. The predicted molar refractivity (Wildman–Crippen MR) is 74.3 cm³/mol. The van der Waals surface area contributed by atoms with E-state index in [0.717, 1.165) is 16.7 Å². The summed E-state index contributed by atoms with van der Waals surface area (Å²) in [6.45, 7) is 1.97. The van der Waals surface area contributed by atoms with Crippen molar-refractivity contribution in [1.82, 2.24) is 15.1 Å². The first-order valence-corrected chi connectivity index (χ1v) is 6.17. The van der Waals surface area contributed by atoms with E-state index in [1.165, 1.54) is 0 Å². The summed E-state index contributed by atoms with van der Waals surface area (Å²) < 4.78 is 10.6. The monoisotopic (exact) mass is 267 g/mol. The summed E-state index contributed by atoms with van der Waals surface area (Å²) in [5, 5.41) is 4.01. The summed E-state index contributed by atoms with van der Waals surface area (Å²) in [6.07, 6.45) is 3.48. The van der Waals surface area contributed by atoms with Crippen molar-refractivity contribution in [3.8, 4) is 28.6 Å². The third-order valence-corrected chi connectivity index (χ3v) is 2.90. The van der Waals surface area contributed by atoms with Crippen LogP contribution in [0.25, 0.3) is 22.8 Å². The Kier molecular flexibility index (Phi) is 3.16. The fourth-order valence-electron chi connectivity index (χ4n) is 1.95. The van der Waals surface area contributed by atoms with Gasteiger partial charge in [0.15, 0.2) is 0 Å². The van der Waals surface area contributed by atoms with Crippen LogP contribution in [-0.2, 0) is 0 Å². The molecule has 1 aromatic carbocycles. The van der Waals surface area contributed by atoms with Crippen molar-refractivity contribution in [2.75, 3.05) is 7.11 Å². The van der Waals surface area contributed by atoms with Gasteiger partial charge in [-0.05, 0) is 30.7 Å². The van der Waals surface area contributed by atoms with Crippen LogP contribution in [0.1, 0.15) is 5.56 Å². The van der Waals surface area contributed by atoms with Crippen molar-refractivity contribution in [3.63, 3.8) is 0 Å². The summed E-state index contributed by atoms with van der Waals surface area (Å²) in [5.74, 6) is 1.66. The zero-order valence-electron chi connectivity index (χ0n) is 11.2. The van der Waals surface area contributed by atoms with Crippen LogP contribution >= 0.6 is 0 Å². The molecule has 0 atom stereocenters. The van der Waals surface area contributed by atoms with Crippen molar-refractivity contribution in [1.29, 1.82) is 0 Å². The van der Waals surface area contributed by atoms with Gasteiger partial charge in [0.05, 0.1) is 18.2 Å². The van der Waals surface area contributed by atoms with E-state index < -0.39 is 0 Å². The molecule has 0 bridgehead atoms. The minimum Gasteiger partial charge on any atom is -0.496 e. The highest BCUT2D eigenvalue weighted by Crippen LogP contribution is 2.29. The minimum absolute atomic E-state index is 0.446. The molecule has 3 rings (SSSR count). The zero-order valence-corrected chi connectivity index (χ0v) is 11.2. The Bertz CT molecular complexity index is 737. The lowest BCUT2D eigenvalue weighted by Gasteiger charge is -2.03. The number of aromatic nitrogens is 3. The summed E-state index contributed by atoms with van der Waals surface area (Å²) in [7, 11) is 1.62. The van der Waals surface area contributed by atoms with E-state index in [2.05, 4.69) is 15.1 Å². The number of hydrogen-bond donors (Lipinski definition) is 0. The van der Waals surface area contributed by atoms with Crippen molar-refractivity contribution < 1.29 is 9.26 Å². The average Bonchev–Trinajstić information content (AvgIpc) is 2.97. The summed E-state index contributed by atoms with van der Waals surface area (Å²) >= 11 is 0. The maximum atomic E-state index is 5.30. The molecule has 20 heavy (non-hydrogen) atoms. The van der Waals surface area contributed by atoms with E-state index >= 15 is 0 Å². The van der Waals surface area contributed by atoms with E-state index in [9.17, 15) is 0 Å². The number of aryl methyl sites for hydroxylation is 1. The molecule has 0 aliphatic rings. The van der Waals surface area contributed by atoms with Gasteiger partial charge in [0.1, 0.15) is 5.75 Å². The van der Waals surface area contributed by atoms with Crippen LogP contribution in [0, 0.1) is 6.92 Å². The molecule has 0 radical (unpaired) electrons. The Morgan fingerprint density at radius 3 is 2.80 bits per heavy atom. The smallest absolute Gasteiger partial charge is 0.259 e. The average molecular weight is 267 g/mol. The van der Waals surface area contributed by atoms with Gasteiger partial charge in [0.25, 0.3) is 5.89 Å². The molecule has 0 N–H and O–H groups in total. The molecule has 0 saturated carbocycles. The number of methoxy groups -OCH3 is 1. The minimum atomic E-state index is 0.446. The van der Waals surface area contributed by atoms with E-state index in [1.807, 2.05) is 37.3 Å². The Balaban J connectivity index is 2.02. The van der Waals surface area contributed by atoms with Gasteiger partial charge in [-0.1, -0.05) is 17.3 Å². The molecule has 0 aliphatic carbocycles. The van der Waals surface area contributed by atoms with Gasteiger partial charge in [-0.3, -0.25) is 4.98 Å². The van der Waals surface area contributed by atoms with Crippen LogP contribution in [0.2, 0.25) is 0 Å². The number of nitrogens with zero attached hydrogens (tertiary/aromatic N) is 3.